The van der Waals surface area contributed by atoms with Crippen LogP contribution in [-0.2, 0) is 12.4 Å². The highest BCUT2D eigenvalue weighted by Crippen LogP contribution is 2.46. The summed E-state index contributed by atoms with van der Waals surface area (Å²) in [6, 6.07) is 62.9. The van der Waals surface area contributed by atoms with Crippen LogP contribution in [0.25, 0.3) is 111 Å². The van der Waals surface area contributed by atoms with Gasteiger partial charge in [-0.25, -0.2) is 15.0 Å². The minimum absolute atomic E-state index is 0.249. The van der Waals surface area contributed by atoms with Crippen molar-refractivity contribution in [3.63, 3.8) is 0 Å². The van der Waals surface area contributed by atoms with Crippen molar-refractivity contribution in [1.82, 2.24) is 24.1 Å². The first-order valence-corrected chi connectivity index (χ1v) is 22.4. The van der Waals surface area contributed by atoms with E-state index in [1.165, 1.54) is 24.3 Å². The van der Waals surface area contributed by atoms with Crippen LogP contribution in [0.5, 0.6) is 0 Å². The molecule has 12 aromatic rings. The third kappa shape index (κ3) is 7.34. The van der Waals surface area contributed by atoms with E-state index in [0.717, 1.165) is 84.7 Å². The van der Waals surface area contributed by atoms with Crippen molar-refractivity contribution in [2.75, 3.05) is 0 Å². The van der Waals surface area contributed by atoms with Gasteiger partial charge in [0.2, 0.25) is 0 Å². The molecule has 0 saturated carbocycles. The zero-order valence-corrected chi connectivity index (χ0v) is 36.7. The van der Waals surface area contributed by atoms with Gasteiger partial charge in [-0.1, -0.05) is 140 Å². The van der Waals surface area contributed by atoms with Crippen molar-refractivity contribution in [2.45, 2.75) is 12.4 Å². The van der Waals surface area contributed by atoms with Gasteiger partial charge in [-0.05, 0) is 83.9 Å². The Bertz CT molecular complexity index is 3760. The fraction of sp³-hybridized carbons (Fsp3) is 0.0339. The zero-order chi connectivity index (χ0) is 47.7. The van der Waals surface area contributed by atoms with Gasteiger partial charge in [-0.15, -0.1) is 0 Å². The summed E-state index contributed by atoms with van der Waals surface area (Å²) < 4.78 is 89.6. The number of alkyl halides is 6. The van der Waals surface area contributed by atoms with Gasteiger partial charge in [0.15, 0.2) is 17.5 Å². The van der Waals surface area contributed by atoms with Crippen molar-refractivity contribution in [2.24, 2.45) is 0 Å². The Labute approximate surface area is 396 Å². The maximum atomic E-state index is 14.2. The van der Waals surface area contributed by atoms with Crippen LogP contribution in [0, 0.1) is 0 Å². The number of hydrogen-bond acceptors (Lipinski definition) is 3. The molecule has 0 bridgehead atoms. The maximum Gasteiger partial charge on any atom is 0.416 e. The zero-order valence-electron chi connectivity index (χ0n) is 36.7. The topological polar surface area (TPSA) is 48.5 Å². The average Bonchev–Trinajstić information content (AvgIpc) is 3.90. The number of nitrogens with zero attached hydrogens (tertiary/aromatic N) is 5. The second-order valence-corrected chi connectivity index (χ2v) is 17.0. The number of hydrogen-bond donors (Lipinski definition) is 0. The summed E-state index contributed by atoms with van der Waals surface area (Å²) in [7, 11) is 0. The summed E-state index contributed by atoms with van der Waals surface area (Å²) >= 11 is 0. The molecule has 11 heteroatoms. The smallest absolute Gasteiger partial charge is 0.309 e. The molecule has 0 aliphatic heterocycles. The lowest BCUT2D eigenvalue weighted by Crippen LogP contribution is -2.06. The van der Waals surface area contributed by atoms with E-state index in [-0.39, 0.29) is 5.82 Å². The number of halogens is 6. The highest BCUT2D eigenvalue weighted by atomic mass is 19.4. The van der Waals surface area contributed by atoms with Crippen LogP contribution in [0.2, 0.25) is 0 Å². The average molecular weight is 928 g/mol. The van der Waals surface area contributed by atoms with Crippen LogP contribution in [0.15, 0.2) is 212 Å². The van der Waals surface area contributed by atoms with E-state index in [0.29, 0.717) is 45.2 Å². The number of para-hydroxylation sites is 3. The Morgan fingerprint density at radius 1 is 0.300 bits per heavy atom. The second-order valence-electron chi connectivity index (χ2n) is 17.0. The van der Waals surface area contributed by atoms with E-state index in [1.54, 1.807) is 0 Å². The van der Waals surface area contributed by atoms with Gasteiger partial charge in [0.05, 0.1) is 38.9 Å². The molecular weight excluding hydrogens is 893 g/mol. The summed E-state index contributed by atoms with van der Waals surface area (Å²) in [4.78, 5) is 14.9. The number of benzene rings is 9. The van der Waals surface area contributed by atoms with E-state index in [9.17, 15) is 26.3 Å². The van der Waals surface area contributed by atoms with Crippen LogP contribution < -0.4 is 0 Å². The molecule has 0 amide bonds. The SMILES string of the molecule is FC(F)(F)c1ccc(-c2cc(-c3nc(-c4ccccc4)nc(-c4ccccc4)n3)cc(-c3ccc(C(F)(F)F)cc3)c2-n2c3ccccc3c3cc(-n4c5ccccc5c5ccccc54)ccc32)cc1. The molecule has 0 atom stereocenters. The van der Waals surface area contributed by atoms with Crippen molar-refractivity contribution in [3.8, 4) is 67.8 Å². The van der Waals surface area contributed by atoms with Gasteiger partial charge >= 0.3 is 12.4 Å². The minimum Gasteiger partial charge on any atom is -0.309 e. The lowest BCUT2D eigenvalue weighted by molar-refractivity contribution is -0.138. The van der Waals surface area contributed by atoms with Crippen LogP contribution in [0.1, 0.15) is 11.1 Å². The molecule has 70 heavy (non-hydrogen) atoms. The Kier molecular flexibility index (Phi) is 9.99. The van der Waals surface area contributed by atoms with Gasteiger partial charge in [0.25, 0.3) is 0 Å². The lowest BCUT2D eigenvalue weighted by Gasteiger charge is -2.21. The summed E-state index contributed by atoms with van der Waals surface area (Å²) in [5.74, 6) is 1.00. The quantitative estimate of drug-likeness (QED) is 0.150. The highest BCUT2D eigenvalue weighted by molar-refractivity contribution is 6.13. The molecular formula is C59H35F6N5. The molecule has 3 aromatic heterocycles. The molecule has 0 unspecified atom stereocenters. The van der Waals surface area contributed by atoms with Crippen molar-refractivity contribution >= 4 is 43.6 Å². The largest absolute Gasteiger partial charge is 0.416 e. The van der Waals surface area contributed by atoms with Crippen LogP contribution in [0.4, 0.5) is 26.3 Å². The number of aromatic nitrogens is 5. The van der Waals surface area contributed by atoms with Gasteiger partial charge in [0, 0.05) is 55.0 Å². The molecule has 0 saturated heterocycles. The molecule has 9 aromatic carbocycles. The van der Waals surface area contributed by atoms with E-state index in [2.05, 4.69) is 39.5 Å². The third-order valence-electron chi connectivity index (χ3n) is 12.8. The van der Waals surface area contributed by atoms with Gasteiger partial charge in [-0.2, -0.15) is 26.3 Å². The Morgan fingerprint density at radius 2 is 0.671 bits per heavy atom. The first-order valence-electron chi connectivity index (χ1n) is 22.4. The molecule has 3 heterocycles. The second kappa shape index (κ2) is 16.4. The van der Waals surface area contributed by atoms with Crippen molar-refractivity contribution in [3.05, 3.63) is 223 Å². The first-order chi connectivity index (χ1) is 34.0. The number of fused-ring (bicyclic) bond motifs is 6. The monoisotopic (exact) mass is 927 g/mol. The van der Waals surface area contributed by atoms with Gasteiger partial charge in [0.1, 0.15) is 0 Å². The van der Waals surface area contributed by atoms with Crippen LogP contribution in [0.3, 0.4) is 0 Å². The predicted octanol–water partition coefficient (Wildman–Crippen LogP) is 16.4. The molecule has 0 N–H and O–H groups in total. The van der Waals surface area contributed by atoms with Crippen LogP contribution in [-0.4, -0.2) is 24.1 Å². The highest BCUT2D eigenvalue weighted by Gasteiger charge is 2.32. The number of rotatable bonds is 7. The van der Waals surface area contributed by atoms with Gasteiger partial charge < -0.3 is 9.13 Å². The van der Waals surface area contributed by atoms with Crippen LogP contribution >= 0.6 is 0 Å². The van der Waals surface area contributed by atoms with Crippen molar-refractivity contribution in [1.29, 1.82) is 0 Å². The normalized spacial score (nSPS) is 12.1. The maximum absolute atomic E-state index is 14.2. The Balaban J connectivity index is 1.18. The molecule has 0 radical (unpaired) electrons. The molecule has 0 aliphatic rings. The van der Waals surface area contributed by atoms with Gasteiger partial charge in [-0.3, -0.25) is 0 Å². The molecule has 5 nitrogen and oxygen atoms in total. The standard InChI is InChI=1S/C59H35F6N5/c60-58(61,62)41-27-23-36(24-28-41)47-33-40(57-67-55(38-13-3-1-4-14-38)66-56(68-57)39-15-5-2-6-16-39)34-48(37-25-29-42(30-26-37)59(63,64)65)54(47)70-52-22-12-9-19-46(52)49-35-43(31-32-53(49)70)69-50-20-10-7-17-44(50)45-18-8-11-21-51(45)69/h1-35H. The van der Waals surface area contributed by atoms with E-state index in [4.69, 9.17) is 15.0 Å². The van der Waals surface area contributed by atoms with E-state index < -0.39 is 23.5 Å². The predicted molar refractivity (Wildman–Crippen MR) is 266 cm³/mol. The summed E-state index contributed by atoms with van der Waals surface area (Å²) in [5.41, 5.74) is 7.07. The fourth-order valence-electron chi connectivity index (χ4n) is 9.60. The Hall–Kier alpha value is -8.83. The molecule has 0 aliphatic carbocycles. The molecule has 338 valence electrons. The minimum atomic E-state index is -4.61. The molecule has 12 rings (SSSR count). The fourth-order valence-corrected chi connectivity index (χ4v) is 9.60. The first kappa shape index (κ1) is 42.5. The Morgan fingerprint density at radius 3 is 1.11 bits per heavy atom. The van der Waals surface area contributed by atoms with Crippen molar-refractivity contribution < 1.29 is 26.3 Å². The lowest BCUT2D eigenvalue weighted by atomic mass is 9.91. The third-order valence-corrected chi connectivity index (χ3v) is 12.8. The summed E-state index contributed by atoms with van der Waals surface area (Å²) in [6.07, 6.45) is -9.22. The molecule has 0 fully saturated rings. The van der Waals surface area contributed by atoms with E-state index >= 15 is 0 Å². The molecule has 0 spiro atoms. The summed E-state index contributed by atoms with van der Waals surface area (Å²) in [6.45, 7) is 0. The summed E-state index contributed by atoms with van der Waals surface area (Å²) in [5, 5.41) is 3.98. The van der Waals surface area contributed by atoms with E-state index in [1.807, 2.05) is 133 Å².